The van der Waals surface area contributed by atoms with Gasteiger partial charge in [-0.1, -0.05) is 6.92 Å². The van der Waals surface area contributed by atoms with Gasteiger partial charge < -0.3 is 15.1 Å². The molecule has 0 atom stereocenters. The molecule has 21 heavy (non-hydrogen) atoms. The molecule has 0 aromatic heterocycles. The Balaban J connectivity index is 1.65. The molecular weight excluding hydrogens is 262 g/mol. The third-order valence-corrected chi connectivity index (χ3v) is 4.60. The van der Waals surface area contributed by atoms with Crippen LogP contribution < -0.4 is 10.2 Å². The summed E-state index contributed by atoms with van der Waals surface area (Å²) in [6, 6.07) is 6.39. The van der Waals surface area contributed by atoms with Crippen molar-refractivity contribution < 1.29 is 4.79 Å². The molecule has 1 aliphatic heterocycles. The molecule has 114 valence electrons. The number of rotatable bonds is 4. The molecular formula is C17H25N3O. The van der Waals surface area contributed by atoms with Crippen LogP contribution in [0.25, 0.3) is 0 Å². The molecule has 3 rings (SSSR count). The lowest BCUT2D eigenvalue weighted by atomic mass is 10.1. The van der Waals surface area contributed by atoms with E-state index in [9.17, 15) is 4.79 Å². The van der Waals surface area contributed by atoms with Crippen molar-refractivity contribution in [2.45, 2.75) is 26.7 Å². The van der Waals surface area contributed by atoms with E-state index >= 15 is 0 Å². The highest BCUT2D eigenvalue weighted by molar-refractivity contribution is 5.94. The Kier molecular flexibility index (Phi) is 4.15. The number of anilines is 2. The number of carbonyl (C=O) groups excluding carboxylic acids is 1. The van der Waals surface area contributed by atoms with Crippen molar-refractivity contribution in [1.82, 2.24) is 4.90 Å². The molecule has 0 unspecified atom stereocenters. The molecule has 1 aliphatic carbocycles. The lowest BCUT2D eigenvalue weighted by molar-refractivity contribution is -0.117. The van der Waals surface area contributed by atoms with Crippen molar-refractivity contribution in [3.8, 4) is 0 Å². The van der Waals surface area contributed by atoms with Gasteiger partial charge in [-0.25, -0.2) is 0 Å². The smallest absolute Gasteiger partial charge is 0.227 e. The fourth-order valence-electron chi connectivity index (χ4n) is 2.89. The summed E-state index contributed by atoms with van der Waals surface area (Å²) in [5.41, 5.74) is 3.38. The average Bonchev–Trinajstić information content (AvgIpc) is 3.34. The molecule has 1 amide bonds. The van der Waals surface area contributed by atoms with Gasteiger partial charge >= 0.3 is 0 Å². The van der Waals surface area contributed by atoms with Crippen molar-refractivity contribution in [3.63, 3.8) is 0 Å². The molecule has 4 nitrogen and oxygen atoms in total. The minimum absolute atomic E-state index is 0.183. The Morgan fingerprint density at radius 3 is 2.52 bits per heavy atom. The molecule has 1 saturated carbocycles. The van der Waals surface area contributed by atoms with Crippen LogP contribution in [0.1, 0.15) is 25.3 Å². The van der Waals surface area contributed by atoms with Crippen LogP contribution in [-0.2, 0) is 4.79 Å². The minimum Gasteiger partial charge on any atom is -0.369 e. The second kappa shape index (κ2) is 6.06. The molecule has 1 aromatic rings. The molecule has 1 heterocycles. The molecule has 1 N–H and O–H groups in total. The number of carbonyl (C=O) groups is 1. The van der Waals surface area contributed by atoms with Crippen LogP contribution in [0.15, 0.2) is 18.2 Å². The summed E-state index contributed by atoms with van der Waals surface area (Å²) in [7, 11) is 0. The largest absolute Gasteiger partial charge is 0.369 e. The van der Waals surface area contributed by atoms with Gasteiger partial charge in [-0.05, 0) is 50.1 Å². The molecule has 2 fully saturated rings. The third kappa shape index (κ3) is 3.38. The van der Waals surface area contributed by atoms with Crippen LogP contribution in [0.4, 0.5) is 11.4 Å². The highest BCUT2D eigenvalue weighted by Gasteiger charge is 2.29. The first-order chi connectivity index (χ1) is 10.2. The molecule has 1 aromatic carbocycles. The van der Waals surface area contributed by atoms with Crippen molar-refractivity contribution in [3.05, 3.63) is 23.8 Å². The maximum atomic E-state index is 11.9. The number of piperazine rings is 1. The van der Waals surface area contributed by atoms with Crippen molar-refractivity contribution in [2.75, 3.05) is 42.9 Å². The highest BCUT2D eigenvalue weighted by atomic mass is 16.2. The van der Waals surface area contributed by atoms with Gasteiger partial charge in [-0.15, -0.1) is 0 Å². The van der Waals surface area contributed by atoms with E-state index in [1.807, 2.05) is 0 Å². The first kappa shape index (κ1) is 14.4. The van der Waals surface area contributed by atoms with E-state index in [-0.39, 0.29) is 11.8 Å². The third-order valence-electron chi connectivity index (χ3n) is 4.60. The lowest BCUT2D eigenvalue weighted by Crippen LogP contribution is -2.46. The Bertz CT molecular complexity index is 517. The molecule has 2 aliphatic rings. The van der Waals surface area contributed by atoms with Gasteiger partial charge in [0.05, 0.1) is 0 Å². The average molecular weight is 287 g/mol. The zero-order valence-corrected chi connectivity index (χ0v) is 13.1. The van der Waals surface area contributed by atoms with Gasteiger partial charge in [-0.3, -0.25) is 4.79 Å². The number of likely N-dealkylation sites (N-methyl/N-ethyl adjacent to an activating group) is 1. The van der Waals surface area contributed by atoms with Gasteiger partial charge in [0.1, 0.15) is 0 Å². The summed E-state index contributed by atoms with van der Waals surface area (Å²) >= 11 is 0. The number of nitrogens with one attached hydrogen (secondary N) is 1. The Morgan fingerprint density at radius 1 is 1.24 bits per heavy atom. The van der Waals surface area contributed by atoms with E-state index in [2.05, 4.69) is 47.2 Å². The van der Waals surface area contributed by atoms with E-state index in [0.717, 1.165) is 56.8 Å². The summed E-state index contributed by atoms with van der Waals surface area (Å²) in [5, 5.41) is 3.05. The van der Waals surface area contributed by atoms with Crippen LogP contribution in [0.5, 0.6) is 0 Å². The predicted octanol–water partition coefficient (Wildman–Crippen LogP) is 2.49. The summed E-state index contributed by atoms with van der Waals surface area (Å²) in [6.07, 6.45) is 2.09. The maximum absolute atomic E-state index is 11.9. The van der Waals surface area contributed by atoms with E-state index in [0.29, 0.717) is 0 Å². The van der Waals surface area contributed by atoms with Crippen LogP contribution >= 0.6 is 0 Å². The fraction of sp³-hybridized carbons (Fsp3) is 0.588. The Hall–Kier alpha value is -1.55. The molecule has 1 saturated heterocycles. The Morgan fingerprint density at radius 2 is 1.95 bits per heavy atom. The van der Waals surface area contributed by atoms with Gasteiger partial charge in [-0.2, -0.15) is 0 Å². The highest BCUT2D eigenvalue weighted by Crippen LogP contribution is 2.31. The van der Waals surface area contributed by atoms with Gasteiger partial charge in [0.25, 0.3) is 0 Å². The number of benzene rings is 1. The second-order valence-electron chi connectivity index (χ2n) is 6.18. The molecule has 0 bridgehead atoms. The summed E-state index contributed by atoms with van der Waals surface area (Å²) in [6.45, 7) is 9.87. The Labute approximate surface area is 127 Å². The van der Waals surface area contributed by atoms with E-state index in [4.69, 9.17) is 0 Å². The zero-order chi connectivity index (χ0) is 14.8. The number of aryl methyl sites for hydroxylation is 1. The van der Waals surface area contributed by atoms with E-state index in [1.54, 1.807) is 0 Å². The normalized spacial score (nSPS) is 19.6. The monoisotopic (exact) mass is 287 g/mol. The van der Waals surface area contributed by atoms with Crippen LogP contribution in [-0.4, -0.2) is 43.5 Å². The first-order valence-electron chi connectivity index (χ1n) is 8.06. The zero-order valence-electron chi connectivity index (χ0n) is 13.1. The number of nitrogens with zero attached hydrogens (tertiary/aromatic N) is 2. The van der Waals surface area contributed by atoms with Crippen LogP contribution in [0.3, 0.4) is 0 Å². The predicted molar refractivity (Wildman–Crippen MR) is 86.9 cm³/mol. The SMILES string of the molecule is CCN1CCN(c2ccc(NC(=O)C3CC3)c(C)c2)CC1. The molecule has 4 heteroatoms. The summed E-state index contributed by atoms with van der Waals surface area (Å²) in [5.74, 6) is 0.439. The topological polar surface area (TPSA) is 35.6 Å². The van der Waals surface area contributed by atoms with Crippen molar-refractivity contribution in [2.24, 2.45) is 5.92 Å². The summed E-state index contributed by atoms with van der Waals surface area (Å²) < 4.78 is 0. The van der Waals surface area contributed by atoms with Crippen molar-refractivity contribution in [1.29, 1.82) is 0 Å². The molecule has 0 spiro atoms. The molecule has 0 radical (unpaired) electrons. The van der Waals surface area contributed by atoms with Gasteiger partial charge in [0, 0.05) is 43.5 Å². The number of amides is 1. The van der Waals surface area contributed by atoms with Crippen LogP contribution in [0, 0.1) is 12.8 Å². The van der Waals surface area contributed by atoms with E-state index in [1.165, 1.54) is 5.69 Å². The standard InChI is InChI=1S/C17H25N3O/c1-3-19-8-10-20(11-9-19)15-6-7-16(13(2)12-15)18-17(21)14-4-5-14/h6-7,12,14H,3-5,8-11H2,1-2H3,(H,18,21). The maximum Gasteiger partial charge on any atom is 0.227 e. The van der Waals surface area contributed by atoms with E-state index < -0.39 is 0 Å². The quantitative estimate of drug-likeness (QED) is 0.924. The summed E-state index contributed by atoms with van der Waals surface area (Å²) in [4.78, 5) is 16.8. The fourth-order valence-corrected chi connectivity index (χ4v) is 2.89. The number of hydrogen-bond donors (Lipinski definition) is 1. The van der Waals surface area contributed by atoms with Gasteiger partial charge in [0.15, 0.2) is 0 Å². The minimum atomic E-state index is 0.183. The lowest BCUT2D eigenvalue weighted by Gasteiger charge is -2.35. The first-order valence-corrected chi connectivity index (χ1v) is 8.06. The second-order valence-corrected chi connectivity index (χ2v) is 6.18. The number of hydrogen-bond acceptors (Lipinski definition) is 3. The van der Waals surface area contributed by atoms with Crippen LogP contribution in [0.2, 0.25) is 0 Å². The van der Waals surface area contributed by atoms with Gasteiger partial charge in [0.2, 0.25) is 5.91 Å². The van der Waals surface area contributed by atoms with Crippen molar-refractivity contribution >= 4 is 17.3 Å².